The fraction of sp³-hybridized carbons (Fsp3) is 0.417. The Morgan fingerprint density at radius 3 is 2.26 bits per heavy atom. The summed E-state index contributed by atoms with van der Waals surface area (Å²) in [5.74, 6) is 0. The Morgan fingerprint density at radius 1 is 1.16 bits per heavy atom. The molecule has 0 saturated carbocycles. The second kappa shape index (κ2) is 5.85. The topological polar surface area (TPSA) is 75.4 Å². The van der Waals surface area contributed by atoms with Crippen molar-refractivity contribution in [3.05, 3.63) is 24.3 Å². The van der Waals surface area contributed by atoms with Gasteiger partial charge in [-0.2, -0.15) is 0 Å². The van der Waals surface area contributed by atoms with E-state index in [1.165, 1.54) is 18.6 Å². The number of rotatable bonds is 2. The molecular weight excluding hydrogens is 282 g/mol. The molecule has 0 spiro atoms. The molecule has 1 fully saturated rings. The molecule has 1 aromatic rings. The molecular formula is C12H17N3O2S2. The Labute approximate surface area is 118 Å². The molecule has 0 unspecified atom stereocenters. The molecule has 1 aliphatic heterocycles. The van der Waals surface area contributed by atoms with E-state index in [0.717, 1.165) is 31.6 Å². The average molecular weight is 299 g/mol. The van der Waals surface area contributed by atoms with Gasteiger partial charge in [-0.05, 0) is 55.7 Å². The van der Waals surface area contributed by atoms with Crippen LogP contribution in [0.5, 0.6) is 0 Å². The average Bonchev–Trinajstić information content (AvgIpc) is 2.39. The maximum absolute atomic E-state index is 11.1. The van der Waals surface area contributed by atoms with E-state index in [9.17, 15) is 8.42 Å². The van der Waals surface area contributed by atoms with E-state index >= 15 is 0 Å². The number of likely N-dealkylation sites (tertiary alicyclic amines) is 1. The molecule has 1 aliphatic rings. The molecule has 0 aliphatic carbocycles. The summed E-state index contributed by atoms with van der Waals surface area (Å²) in [6.45, 7) is 1.95. The highest BCUT2D eigenvalue weighted by Gasteiger charge is 2.13. The second-order valence-corrected chi connectivity index (χ2v) is 6.50. The Balaban J connectivity index is 2.01. The number of anilines is 1. The molecule has 1 heterocycles. The molecule has 1 aromatic carbocycles. The summed E-state index contributed by atoms with van der Waals surface area (Å²) in [6.07, 6.45) is 3.57. The van der Waals surface area contributed by atoms with Crippen molar-refractivity contribution in [1.29, 1.82) is 0 Å². The van der Waals surface area contributed by atoms with E-state index < -0.39 is 10.0 Å². The third kappa shape index (κ3) is 3.89. The number of hydrogen-bond donors (Lipinski definition) is 2. The normalized spacial score (nSPS) is 16.2. The van der Waals surface area contributed by atoms with Gasteiger partial charge in [-0.15, -0.1) is 0 Å². The van der Waals surface area contributed by atoms with E-state index in [1.807, 2.05) is 0 Å². The first-order chi connectivity index (χ1) is 8.97. The van der Waals surface area contributed by atoms with Gasteiger partial charge in [0.1, 0.15) is 0 Å². The van der Waals surface area contributed by atoms with Crippen molar-refractivity contribution in [2.24, 2.45) is 5.14 Å². The lowest BCUT2D eigenvalue weighted by Crippen LogP contribution is -2.38. The molecule has 19 heavy (non-hydrogen) atoms. The van der Waals surface area contributed by atoms with Gasteiger partial charge < -0.3 is 10.2 Å². The second-order valence-electron chi connectivity index (χ2n) is 4.55. The van der Waals surface area contributed by atoms with E-state index in [4.69, 9.17) is 17.4 Å². The van der Waals surface area contributed by atoms with Crippen molar-refractivity contribution in [2.45, 2.75) is 24.2 Å². The zero-order valence-electron chi connectivity index (χ0n) is 10.5. The van der Waals surface area contributed by atoms with Crippen LogP contribution in [0.1, 0.15) is 19.3 Å². The number of primary sulfonamides is 1. The lowest BCUT2D eigenvalue weighted by Gasteiger charge is -2.29. The molecule has 3 N–H and O–H groups in total. The number of nitrogens with zero attached hydrogens (tertiary/aromatic N) is 1. The summed E-state index contributed by atoms with van der Waals surface area (Å²) in [6, 6.07) is 6.26. The summed E-state index contributed by atoms with van der Waals surface area (Å²) in [5.41, 5.74) is 0.767. The molecule has 5 nitrogen and oxygen atoms in total. The van der Waals surface area contributed by atoms with Crippen molar-refractivity contribution in [3.8, 4) is 0 Å². The zero-order chi connectivity index (χ0) is 13.9. The van der Waals surface area contributed by atoms with Crippen LogP contribution in [0.25, 0.3) is 0 Å². The summed E-state index contributed by atoms with van der Waals surface area (Å²) >= 11 is 5.33. The minimum Gasteiger partial charge on any atom is -0.349 e. The Kier molecular flexibility index (Phi) is 4.38. The largest absolute Gasteiger partial charge is 0.349 e. The lowest BCUT2D eigenvalue weighted by molar-refractivity contribution is 0.346. The Bertz CT molecular complexity index is 549. The van der Waals surface area contributed by atoms with Gasteiger partial charge in [0.2, 0.25) is 10.0 Å². The van der Waals surface area contributed by atoms with Gasteiger partial charge in [-0.25, -0.2) is 13.6 Å². The maximum atomic E-state index is 11.1. The third-order valence-corrected chi connectivity index (χ3v) is 4.37. The van der Waals surface area contributed by atoms with Gasteiger partial charge >= 0.3 is 0 Å². The fourth-order valence-electron chi connectivity index (χ4n) is 2.03. The van der Waals surface area contributed by atoms with Crippen molar-refractivity contribution in [2.75, 3.05) is 18.4 Å². The Morgan fingerprint density at radius 2 is 1.74 bits per heavy atom. The number of nitrogens with one attached hydrogen (secondary N) is 1. The van der Waals surface area contributed by atoms with Crippen molar-refractivity contribution >= 4 is 33.0 Å². The van der Waals surface area contributed by atoms with Crippen LogP contribution in [-0.4, -0.2) is 31.5 Å². The quantitative estimate of drug-likeness (QED) is 0.810. The van der Waals surface area contributed by atoms with Crippen molar-refractivity contribution in [1.82, 2.24) is 4.90 Å². The van der Waals surface area contributed by atoms with Crippen LogP contribution in [0.2, 0.25) is 0 Å². The molecule has 0 atom stereocenters. The van der Waals surface area contributed by atoms with Gasteiger partial charge in [0, 0.05) is 18.8 Å². The van der Waals surface area contributed by atoms with Crippen LogP contribution >= 0.6 is 12.2 Å². The lowest BCUT2D eigenvalue weighted by atomic mass is 10.1. The predicted octanol–water partition coefficient (Wildman–Crippen LogP) is 1.52. The van der Waals surface area contributed by atoms with Gasteiger partial charge in [0.15, 0.2) is 5.11 Å². The van der Waals surface area contributed by atoms with Crippen molar-refractivity contribution in [3.63, 3.8) is 0 Å². The molecule has 7 heteroatoms. The molecule has 0 amide bonds. The molecule has 0 aromatic heterocycles. The van der Waals surface area contributed by atoms with Crippen LogP contribution in [0.3, 0.4) is 0 Å². The number of piperidine rings is 1. The van der Waals surface area contributed by atoms with Crippen LogP contribution in [0, 0.1) is 0 Å². The van der Waals surface area contributed by atoms with E-state index in [2.05, 4.69) is 10.2 Å². The SMILES string of the molecule is NS(=O)(=O)c1ccc(NC(=S)N2CCCCC2)cc1. The minimum absolute atomic E-state index is 0.0990. The highest BCUT2D eigenvalue weighted by atomic mass is 32.2. The molecule has 0 bridgehead atoms. The van der Waals surface area contributed by atoms with E-state index in [0.29, 0.717) is 5.11 Å². The highest BCUT2D eigenvalue weighted by Crippen LogP contribution is 2.15. The van der Waals surface area contributed by atoms with Crippen LogP contribution in [0.15, 0.2) is 29.2 Å². The standard InChI is InChI=1S/C12H17N3O2S2/c13-19(16,17)11-6-4-10(5-7-11)14-12(18)15-8-2-1-3-9-15/h4-7H,1-3,8-9H2,(H,14,18)(H2,13,16,17). The molecule has 2 rings (SSSR count). The predicted molar refractivity (Wildman–Crippen MR) is 79.5 cm³/mol. The van der Waals surface area contributed by atoms with Gasteiger partial charge in [-0.1, -0.05) is 0 Å². The summed E-state index contributed by atoms with van der Waals surface area (Å²) < 4.78 is 22.3. The first-order valence-electron chi connectivity index (χ1n) is 6.15. The van der Waals surface area contributed by atoms with Gasteiger partial charge in [-0.3, -0.25) is 0 Å². The first-order valence-corrected chi connectivity index (χ1v) is 8.11. The number of hydrogen-bond acceptors (Lipinski definition) is 3. The van der Waals surface area contributed by atoms with Crippen molar-refractivity contribution < 1.29 is 8.42 Å². The van der Waals surface area contributed by atoms with Crippen LogP contribution in [-0.2, 0) is 10.0 Å². The number of sulfonamides is 1. The third-order valence-electron chi connectivity index (χ3n) is 3.08. The minimum atomic E-state index is -3.64. The highest BCUT2D eigenvalue weighted by molar-refractivity contribution is 7.89. The van der Waals surface area contributed by atoms with Gasteiger partial charge in [0.25, 0.3) is 0 Å². The molecule has 0 radical (unpaired) electrons. The monoisotopic (exact) mass is 299 g/mol. The molecule has 1 saturated heterocycles. The zero-order valence-corrected chi connectivity index (χ0v) is 12.1. The van der Waals surface area contributed by atoms with Crippen LogP contribution < -0.4 is 10.5 Å². The number of nitrogens with two attached hydrogens (primary N) is 1. The first kappa shape index (κ1) is 14.2. The summed E-state index contributed by atoms with van der Waals surface area (Å²) in [5, 5.41) is 8.84. The summed E-state index contributed by atoms with van der Waals surface area (Å²) in [4.78, 5) is 2.23. The molecule has 104 valence electrons. The maximum Gasteiger partial charge on any atom is 0.238 e. The number of benzene rings is 1. The van der Waals surface area contributed by atoms with E-state index in [-0.39, 0.29) is 4.90 Å². The van der Waals surface area contributed by atoms with Gasteiger partial charge in [0.05, 0.1) is 4.90 Å². The van der Waals surface area contributed by atoms with E-state index in [1.54, 1.807) is 12.1 Å². The smallest absolute Gasteiger partial charge is 0.238 e. The Hall–Kier alpha value is -1.18. The summed E-state index contributed by atoms with van der Waals surface area (Å²) in [7, 11) is -3.64. The van der Waals surface area contributed by atoms with Crippen LogP contribution in [0.4, 0.5) is 5.69 Å². The fourth-order valence-corrected chi connectivity index (χ4v) is 2.84. The number of thiocarbonyl (C=S) groups is 1.